The topological polar surface area (TPSA) is 71.3 Å². The number of halogens is 1. The van der Waals surface area contributed by atoms with Crippen LogP contribution in [0.5, 0.6) is 0 Å². The van der Waals surface area contributed by atoms with Gasteiger partial charge < -0.3 is 9.84 Å². The highest BCUT2D eigenvalue weighted by Gasteiger charge is 2.28. The molecule has 1 aliphatic heterocycles. The molecule has 1 N–H and O–H groups in total. The number of nitrogens with zero attached hydrogens (tertiary/aromatic N) is 3. The van der Waals surface area contributed by atoms with Gasteiger partial charge >= 0.3 is 0 Å². The first-order valence-corrected chi connectivity index (χ1v) is 8.93. The molecule has 1 amide bonds. The van der Waals surface area contributed by atoms with Crippen molar-refractivity contribution in [3.05, 3.63) is 36.0 Å². The van der Waals surface area contributed by atoms with Crippen molar-refractivity contribution in [2.24, 2.45) is 5.92 Å². The summed E-state index contributed by atoms with van der Waals surface area (Å²) in [6, 6.07) is 5.98. The number of carbonyl (C=O) groups is 1. The molecule has 0 bridgehead atoms. The molecule has 1 fully saturated rings. The standard InChI is InChI=1S/C19H25FN4O2/c1-19(2,3)22-18(25)14-5-4-10-24(11-14)12-16-21-17(23-26-16)13-6-8-15(20)9-7-13/h6-9,14H,4-5,10-12H2,1-3H3,(H,22,25). The number of benzene rings is 1. The highest BCUT2D eigenvalue weighted by molar-refractivity contribution is 5.79. The molecule has 1 aromatic heterocycles. The number of amides is 1. The summed E-state index contributed by atoms with van der Waals surface area (Å²) in [6.45, 7) is 8.04. The van der Waals surface area contributed by atoms with Crippen molar-refractivity contribution in [1.82, 2.24) is 20.4 Å². The SMILES string of the molecule is CC(C)(C)NC(=O)C1CCCN(Cc2nc(-c3ccc(F)cc3)no2)C1. The first kappa shape index (κ1) is 18.5. The third-order valence-corrected chi connectivity index (χ3v) is 4.30. The van der Waals surface area contributed by atoms with Crippen LogP contribution in [0.2, 0.25) is 0 Å². The lowest BCUT2D eigenvalue weighted by Gasteiger charge is -2.32. The van der Waals surface area contributed by atoms with Gasteiger partial charge in [0.05, 0.1) is 12.5 Å². The van der Waals surface area contributed by atoms with Crippen molar-refractivity contribution in [3.63, 3.8) is 0 Å². The van der Waals surface area contributed by atoms with Crippen LogP contribution < -0.4 is 5.32 Å². The highest BCUT2D eigenvalue weighted by Crippen LogP contribution is 2.21. The van der Waals surface area contributed by atoms with E-state index in [0.717, 1.165) is 19.4 Å². The van der Waals surface area contributed by atoms with Gasteiger partial charge in [0.25, 0.3) is 0 Å². The quantitative estimate of drug-likeness (QED) is 0.907. The number of piperidine rings is 1. The van der Waals surface area contributed by atoms with Crippen LogP contribution in [0.25, 0.3) is 11.4 Å². The van der Waals surface area contributed by atoms with E-state index < -0.39 is 0 Å². The predicted molar refractivity (Wildman–Crippen MR) is 95.6 cm³/mol. The lowest BCUT2D eigenvalue weighted by molar-refractivity contribution is -0.128. The van der Waals surface area contributed by atoms with Crippen molar-refractivity contribution >= 4 is 5.91 Å². The summed E-state index contributed by atoms with van der Waals surface area (Å²) < 4.78 is 18.3. The first-order valence-electron chi connectivity index (χ1n) is 8.93. The van der Waals surface area contributed by atoms with Gasteiger partial charge in [-0.15, -0.1) is 0 Å². The van der Waals surface area contributed by atoms with Gasteiger partial charge in [-0.1, -0.05) is 5.16 Å². The Morgan fingerprint density at radius 2 is 2.08 bits per heavy atom. The summed E-state index contributed by atoms with van der Waals surface area (Å²) in [5.74, 6) is 0.716. The van der Waals surface area contributed by atoms with E-state index in [9.17, 15) is 9.18 Å². The van der Waals surface area contributed by atoms with E-state index in [2.05, 4.69) is 20.4 Å². The van der Waals surface area contributed by atoms with Gasteiger partial charge in [-0.25, -0.2) is 4.39 Å². The molecule has 7 heteroatoms. The molecule has 140 valence electrons. The molecular formula is C19H25FN4O2. The summed E-state index contributed by atoms with van der Waals surface area (Å²) in [4.78, 5) is 19.0. The van der Waals surface area contributed by atoms with Gasteiger partial charge in [0, 0.05) is 17.6 Å². The second kappa shape index (κ2) is 7.53. The zero-order valence-corrected chi connectivity index (χ0v) is 15.5. The Hall–Kier alpha value is -2.28. The highest BCUT2D eigenvalue weighted by atomic mass is 19.1. The molecule has 3 rings (SSSR count). The summed E-state index contributed by atoms with van der Waals surface area (Å²) in [6.07, 6.45) is 1.85. The average molecular weight is 360 g/mol. The largest absolute Gasteiger partial charge is 0.351 e. The molecule has 6 nitrogen and oxygen atoms in total. The fourth-order valence-electron chi connectivity index (χ4n) is 3.11. The number of likely N-dealkylation sites (tertiary alicyclic amines) is 1. The Bertz CT molecular complexity index is 752. The third kappa shape index (κ3) is 4.88. The molecule has 1 saturated heterocycles. The maximum absolute atomic E-state index is 13.0. The Labute approximate surface area is 152 Å². The summed E-state index contributed by atoms with van der Waals surface area (Å²) in [5, 5.41) is 7.03. The van der Waals surface area contributed by atoms with Crippen molar-refractivity contribution < 1.29 is 13.7 Å². The summed E-state index contributed by atoms with van der Waals surface area (Å²) in [5.41, 5.74) is 0.484. The minimum atomic E-state index is -0.301. The van der Waals surface area contributed by atoms with Crippen molar-refractivity contribution in [2.75, 3.05) is 13.1 Å². The predicted octanol–water partition coefficient (Wildman–Crippen LogP) is 3.00. The van der Waals surface area contributed by atoms with Gasteiger partial charge in [0.15, 0.2) is 0 Å². The van der Waals surface area contributed by atoms with E-state index in [-0.39, 0.29) is 23.2 Å². The Kier molecular flexibility index (Phi) is 5.36. The summed E-state index contributed by atoms with van der Waals surface area (Å²) in [7, 11) is 0. The molecule has 0 radical (unpaired) electrons. The second-order valence-corrected chi connectivity index (χ2v) is 7.83. The van der Waals surface area contributed by atoms with Gasteiger partial charge in [-0.05, 0) is 64.4 Å². The zero-order valence-electron chi connectivity index (χ0n) is 15.5. The lowest BCUT2D eigenvalue weighted by Crippen LogP contribution is -2.48. The van der Waals surface area contributed by atoms with Crippen molar-refractivity contribution in [3.8, 4) is 11.4 Å². The normalized spacial score (nSPS) is 18.7. The molecule has 0 aliphatic carbocycles. The molecule has 0 spiro atoms. The molecule has 2 heterocycles. The number of nitrogens with one attached hydrogen (secondary N) is 1. The van der Waals surface area contributed by atoms with Crippen LogP contribution in [0, 0.1) is 11.7 Å². The van der Waals surface area contributed by atoms with Crippen LogP contribution in [-0.4, -0.2) is 39.6 Å². The fraction of sp³-hybridized carbons (Fsp3) is 0.526. The number of rotatable bonds is 4. The van der Waals surface area contributed by atoms with E-state index in [1.807, 2.05) is 20.8 Å². The fourth-order valence-corrected chi connectivity index (χ4v) is 3.11. The van der Waals surface area contributed by atoms with E-state index >= 15 is 0 Å². The molecule has 2 aromatic rings. The Morgan fingerprint density at radius 1 is 1.35 bits per heavy atom. The molecule has 26 heavy (non-hydrogen) atoms. The van der Waals surface area contributed by atoms with Gasteiger partial charge in [0.2, 0.25) is 17.6 Å². The van der Waals surface area contributed by atoms with E-state index in [0.29, 0.717) is 30.4 Å². The molecule has 0 saturated carbocycles. The number of carbonyl (C=O) groups excluding carboxylic acids is 1. The minimum absolute atomic E-state index is 0.0255. The molecule has 1 aromatic carbocycles. The smallest absolute Gasteiger partial charge is 0.241 e. The average Bonchev–Trinajstić information content (AvgIpc) is 3.02. The maximum atomic E-state index is 13.0. The maximum Gasteiger partial charge on any atom is 0.241 e. The van der Waals surface area contributed by atoms with Crippen LogP contribution >= 0.6 is 0 Å². The van der Waals surface area contributed by atoms with E-state index in [4.69, 9.17) is 4.52 Å². The van der Waals surface area contributed by atoms with Gasteiger partial charge in [-0.3, -0.25) is 9.69 Å². The third-order valence-electron chi connectivity index (χ3n) is 4.30. The zero-order chi connectivity index (χ0) is 18.7. The van der Waals surface area contributed by atoms with Gasteiger partial charge in [-0.2, -0.15) is 4.98 Å². The Balaban J connectivity index is 1.60. The van der Waals surface area contributed by atoms with Crippen LogP contribution in [0.3, 0.4) is 0 Å². The van der Waals surface area contributed by atoms with E-state index in [1.165, 1.54) is 12.1 Å². The first-order chi connectivity index (χ1) is 12.3. The molecular weight excluding hydrogens is 335 g/mol. The number of hydrogen-bond donors (Lipinski definition) is 1. The van der Waals surface area contributed by atoms with Crippen LogP contribution in [0.1, 0.15) is 39.5 Å². The number of hydrogen-bond acceptors (Lipinski definition) is 5. The minimum Gasteiger partial charge on any atom is -0.351 e. The van der Waals surface area contributed by atoms with Crippen molar-refractivity contribution in [2.45, 2.75) is 45.7 Å². The van der Waals surface area contributed by atoms with Crippen LogP contribution in [0.15, 0.2) is 28.8 Å². The molecule has 1 aliphatic rings. The second-order valence-electron chi connectivity index (χ2n) is 7.83. The molecule has 1 atom stereocenters. The van der Waals surface area contributed by atoms with Gasteiger partial charge in [0.1, 0.15) is 5.82 Å². The van der Waals surface area contributed by atoms with E-state index in [1.54, 1.807) is 12.1 Å². The lowest BCUT2D eigenvalue weighted by atomic mass is 9.95. The number of aromatic nitrogens is 2. The van der Waals surface area contributed by atoms with Crippen molar-refractivity contribution in [1.29, 1.82) is 0 Å². The van der Waals surface area contributed by atoms with Crippen LogP contribution in [-0.2, 0) is 11.3 Å². The monoisotopic (exact) mass is 360 g/mol. The van der Waals surface area contributed by atoms with Crippen LogP contribution in [0.4, 0.5) is 4.39 Å². The molecule has 1 unspecified atom stereocenters. The summed E-state index contributed by atoms with van der Waals surface area (Å²) >= 11 is 0. The Morgan fingerprint density at radius 3 is 2.77 bits per heavy atom.